The minimum absolute atomic E-state index is 0.0146. The maximum absolute atomic E-state index is 13.7. The van der Waals surface area contributed by atoms with Crippen molar-refractivity contribution in [3.05, 3.63) is 46.8 Å². The van der Waals surface area contributed by atoms with Crippen LogP contribution in [0.4, 0.5) is 5.69 Å². The van der Waals surface area contributed by atoms with Gasteiger partial charge in [-0.3, -0.25) is 9.59 Å². The van der Waals surface area contributed by atoms with Crippen LogP contribution in [0.1, 0.15) is 65.7 Å². The number of benzene rings is 1. The molecule has 1 aromatic carbocycles. The maximum Gasteiger partial charge on any atom is 0.341 e. The van der Waals surface area contributed by atoms with Crippen LogP contribution in [-0.4, -0.2) is 54.6 Å². The average Bonchev–Trinajstić information content (AvgIpc) is 3.09. The third-order valence-electron chi connectivity index (χ3n) is 6.48. The van der Waals surface area contributed by atoms with Crippen LogP contribution < -0.4 is 5.32 Å². The van der Waals surface area contributed by atoms with E-state index < -0.39 is 16.0 Å². The van der Waals surface area contributed by atoms with Gasteiger partial charge in [0.25, 0.3) is 0 Å². The number of carbonyl (C=O) groups excluding carboxylic acids is 3. The smallest absolute Gasteiger partial charge is 0.341 e. The molecule has 1 fully saturated rings. The zero-order valence-electron chi connectivity index (χ0n) is 20.9. The number of hydrogen-bond acceptors (Lipinski definition) is 6. The van der Waals surface area contributed by atoms with Crippen molar-refractivity contribution in [2.75, 3.05) is 25.0 Å². The van der Waals surface area contributed by atoms with Crippen LogP contribution in [0, 0.1) is 19.8 Å². The Morgan fingerprint density at radius 1 is 1.09 bits per heavy atom. The molecule has 0 saturated carbocycles. The largest absolute Gasteiger partial charge is 0.462 e. The van der Waals surface area contributed by atoms with Crippen LogP contribution in [0.15, 0.2) is 29.2 Å². The molecule has 3 rings (SSSR count). The van der Waals surface area contributed by atoms with E-state index in [1.165, 1.54) is 11.2 Å². The summed E-state index contributed by atoms with van der Waals surface area (Å²) in [5, 5.41) is 2.83. The summed E-state index contributed by atoms with van der Waals surface area (Å²) in [7, 11) is -3.98. The molecule has 9 nitrogen and oxygen atoms in total. The third kappa shape index (κ3) is 5.33. The highest BCUT2D eigenvalue weighted by Gasteiger charge is 2.38. The molecule has 1 aliphatic heterocycles. The zero-order valence-corrected chi connectivity index (χ0v) is 21.7. The van der Waals surface area contributed by atoms with E-state index in [1.54, 1.807) is 49.6 Å². The van der Waals surface area contributed by atoms with E-state index >= 15 is 0 Å². The third-order valence-corrected chi connectivity index (χ3v) is 8.54. The van der Waals surface area contributed by atoms with Gasteiger partial charge in [0.1, 0.15) is 10.5 Å². The number of hydrogen-bond donors (Lipinski definition) is 1. The second kappa shape index (κ2) is 10.7. The lowest BCUT2D eigenvalue weighted by atomic mass is 9.97. The van der Waals surface area contributed by atoms with Crippen LogP contribution in [-0.2, 0) is 26.1 Å². The van der Waals surface area contributed by atoms with Crippen LogP contribution >= 0.6 is 0 Å². The van der Waals surface area contributed by atoms with E-state index in [0.717, 1.165) is 0 Å². The van der Waals surface area contributed by atoms with Crippen molar-refractivity contribution in [1.29, 1.82) is 0 Å². The summed E-state index contributed by atoms with van der Waals surface area (Å²) in [5.41, 5.74) is 2.17. The molecular weight excluding hydrogens is 470 g/mol. The number of rotatable bonds is 8. The fourth-order valence-electron chi connectivity index (χ4n) is 4.64. The summed E-state index contributed by atoms with van der Waals surface area (Å²) in [6.07, 6.45) is 0.692. The summed E-state index contributed by atoms with van der Waals surface area (Å²) in [4.78, 5) is 37.1. The second-order valence-electron chi connectivity index (χ2n) is 8.64. The summed E-state index contributed by atoms with van der Waals surface area (Å²) in [6, 6.07) is 6.72. The lowest BCUT2D eigenvalue weighted by Crippen LogP contribution is -2.42. The lowest BCUT2D eigenvalue weighted by molar-refractivity contribution is -0.120. The number of amides is 1. The van der Waals surface area contributed by atoms with E-state index in [0.29, 0.717) is 42.0 Å². The standard InChI is InChI=1S/C25H33N3O6S/c1-6-28-16(3)22(25(31)34-7-2)23(17(28)4)35(32,33)27-13-11-19(12-14-27)24(30)26-21-10-8-9-20(15-21)18(5)29/h8-10,15,19H,6-7,11-14H2,1-5H3,(H,26,30). The number of carbonyl (C=O) groups is 3. The first kappa shape index (κ1) is 26.6. The van der Waals surface area contributed by atoms with Crippen LogP contribution in [0.2, 0.25) is 0 Å². The van der Waals surface area contributed by atoms with Gasteiger partial charge < -0.3 is 14.6 Å². The Bertz CT molecular complexity index is 1240. The minimum atomic E-state index is -3.98. The topological polar surface area (TPSA) is 115 Å². The molecule has 2 heterocycles. The molecule has 10 heteroatoms. The van der Waals surface area contributed by atoms with E-state index in [2.05, 4.69) is 5.32 Å². The minimum Gasteiger partial charge on any atom is -0.462 e. The SMILES string of the molecule is CCOC(=O)c1c(S(=O)(=O)N2CCC(C(=O)Nc3cccc(C(C)=O)c3)CC2)c(C)n(CC)c1C. The molecule has 1 amide bonds. The lowest BCUT2D eigenvalue weighted by Gasteiger charge is -2.30. The molecule has 1 N–H and O–H groups in total. The number of piperidine rings is 1. The van der Waals surface area contributed by atoms with Gasteiger partial charge in [-0.05, 0) is 59.6 Å². The Labute approximate surface area is 206 Å². The Morgan fingerprint density at radius 2 is 1.74 bits per heavy atom. The molecule has 1 aromatic heterocycles. The molecule has 0 aliphatic carbocycles. The Kier molecular flexibility index (Phi) is 8.17. The van der Waals surface area contributed by atoms with Crippen molar-refractivity contribution in [1.82, 2.24) is 8.87 Å². The molecule has 0 bridgehead atoms. The van der Waals surface area contributed by atoms with Gasteiger partial charge in [0.05, 0.1) is 6.61 Å². The van der Waals surface area contributed by atoms with Crippen molar-refractivity contribution >= 4 is 33.4 Å². The Balaban J connectivity index is 1.78. The predicted molar refractivity (Wildman–Crippen MR) is 132 cm³/mol. The molecule has 2 aromatic rings. The van der Waals surface area contributed by atoms with Crippen molar-refractivity contribution in [3.63, 3.8) is 0 Å². The summed E-state index contributed by atoms with van der Waals surface area (Å²) in [6.45, 7) is 9.43. The molecule has 0 spiro atoms. The van der Waals surface area contributed by atoms with Gasteiger partial charge in [-0.2, -0.15) is 4.31 Å². The van der Waals surface area contributed by atoms with Crippen molar-refractivity contribution in [2.24, 2.45) is 5.92 Å². The molecule has 35 heavy (non-hydrogen) atoms. The van der Waals surface area contributed by atoms with Crippen LogP contribution in [0.3, 0.4) is 0 Å². The van der Waals surface area contributed by atoms with E-state index in [1.807, 2.05) is 6.92 Å². The molecule has 0 unspecified atom stereocenters. The van der Waals surface area contributed by atoms with Crippen molar-refractivity contribution < 1.29 is 27.5 Å². The zero-order chi connectivity index (χ0) is 25.9. The van der Waals surface area contributed by atoms with Gasteiger partial charge in [-0.1, -0.05) is 12.1 Å². The predicted octanol–water partition coefficient (Wildman–Crippen LogP) is 3.54. The number of sulfonamides is 1. The molecule has 0 radical (unpaired) electrons. The highest BCUT2D eigenvalue weighted by molar-refractivity contribution is 7.89. The number of aromatic nitrogens is 1. The highest BCUT2D eigenvalue weighted by Crippen LogP contribution is 2.32. The van der Waals surface area contributed by atoms with Gasteiger partial charge in [0, 0.05) is 48.2 Å². The fourth-order valence-corrected chi connectivity index (χ4v) is 6.56. The quantitative estimate of drug-likeness (QED) is 0.435. The Hall–Kier alpha value is -2.98. The molecule has 1 aliphatic rings. The van der Waals surface area contributed by atoms with Gasteiger partial charge >= 0.3 is 5.97 Å². The number of anilines is 1. The van der Waals surface area contributed by atoms with E-state index in [-0.39, 0.29) is 47.8 Å². The average molecular weight is 504 g/mol. The first-order valence-electron chi connectivity index (χ1n) is 11.8. The van der Waals surface area contributed by atoms with Crippen LogP contribution in [0.25, 0.3) is 0 Å². The van der Waals surface area contributed by atoms with E-state index in [4.69, 9.17) is 4.74 Å². The molecule has 190 valence electrons. The normalized spacial score (nSPS) is 15.1. The first-order chi connectivity index (χ1) is 16.5. The van der Waals surface area contributed by atoms with Gasteiger partial charge in [-0.25, -0.2) is 13.2 Å². The summed E-state index contributed by atoms with van der Waals surface area (Å²) in [5.74, 6) is -1.32. The van der Waals surface area contributed by atoms with Gasteiger partial charge in [-0.15, -0.1) is 0 Å². The number of nitrogens with one attached hydrogen (secondary N) is 1. The number of Topliss-reactive ketones (excluding diaryl/α,β-unsaturated/α-hetero) is 1. The monoisotopic (exact) mass is 503 g/mol. The fraction of sp³-hybridized carbons (Fsp3) is 0.480. The number of ether oxygens (including phenoxy) is 1. The summed E-state index contributed by atoms with van der Waals surface area (Å²) < 4.78 is 35.6. The molecular formula is C25H33N3O6S. The number of nitrogens with zero attached hydrogens (tertiary/aromatic N) is 2. The molecule has 0 atom stereocenters. The number of ketones is 1. The first-order valence-corrected chi connectivity index (χ1v) is 13.3. The van der Waals surface area contributed by atoms with Crippen molar-refractivity contribution in [2.45, 2.75) is 58.9 Å². The molecule has 1 saturated heterocycles. The van der Waals surface area contributed by atoms with Crippen molar-refractivity contribution in [3.8, 4) is 0 Å². The Morgan fingerprint density at radius 3 is 2.31 bits per heavy atom. The van der Waals surface area contributed by atoms with E-state index in [9.17, 15) is 22.8 Å². The van der Waals surface area contributed by atoms with Crippen LogP contribution in [0.5, 0.6) is 0 Å². The maximum atomic E-state index is 13.7. The second-order valence-corrected chi connectivity index (χ2v) is 10.5. The van der Waals surface area contributed by atoms with Gasteiger partial charge in [0.15, 0.2) is 5.78 Å². The number of esters is 1. The highest BCUT2D eigenvalue weighted by atomic mass is 32.2. The van der Waals surface area contributed by atoms with Gasteiger partial charge in [0.2, 0.25) is 15.9 Å². The summed E-state index contributed by atoms with van der Waals surface area (Å²) >= 11 is 0.